The van der Waals surface area contributed by atoms with E-state index < -0.39 is 0 Å². The van der Waals surface area contributed by atoms with Crippen LogP contribution < -0.4 is 0 Å². The van der Waals surface area contributed by atoms with Gasteiger partial charge in [-0.25, -0.2) is 0 Å². The molecule has 156 valence electrons. The number of hydrogen-bond acceptors (Lipinski definition) is 4. The molecule has 0 aliphatic carbocycles. The van der Waals surface area contributed by atoms with Gasteiger partial charge in [-0.1, -0.05) is 30.3 Å². The van der Waals surface area contributed by atoms with Crippen molar-refractivity contribution in [3.63, 3.8) is 0 Å². The van der Waals surface area contributed by atoms with Crippen LogP contribution in [0.4, 0.5) is 0 Å². The van der Waals surface area contributed by atoms with Gasteiger partial charge < -0.3 is 14.7 Å². The largest absolute Gasteiger partial charge is 0.339 e. The van der Waals surface area contributed by atoms with E-state index >= 15 is 0 Å². The minimum atomic E-state index is -0.340. The van der Waals surface area contributed by atoms with Crippen LogP contribution in [0.25, 0.3) is 0 Å². The van der Waals surface area contributed by atoms with Gasteiger partial charge in [0.15, 0.2) is 0 Å². The van der Waals surface area contributed by atoms with Crippen LogP contribution in [0.2, 0.25) is 0 Å². The molecular formula is C22H29N3O3S. The predicted octanol–water partition coefficient (Wildman–Crippen LogP) is 2.13. The number of piperazine rings is 1. The summed E-state index contributed by atoms with van der Waals surface area (Å²) in [5.41, 5.74) is 1.26. The summed E-state index contributed by atoms with van der Waals surface area (Å²) in [6, 6.07) is 9.88. The topological polar surface area (TPSA) is 60.9 Å². The van der Waals surface area contributed by atoms with Crippen molar-refractivity contribution in [1.29, 1.82) is 0 Å². The highest BCUT2D eigenvalue weighted by Gasteiger charge is 2.53. The lowest BCUT2D eigenvalue weighted by atomic mass is 10.1. The molecule has 0 N–H and O–H groups in total. The molecule has 3 heterocycles. The molecule has 3 fully saturated rings. The van der Waals surface area contributed by atoms with Gasteiger partial charge in [0.25, 0.3) is 0 Å². The molecule has 0 spiro atoms. The van der Waals surface area contributed by atoms with Crippen LogP contribution in [-0.4, -0.2) is 75.3 Å². The summed E-state index contributed by atoms with van der Waals surface area (Å²) >= 11 is 1.73. The second kappa shape index (κ2) is 8.38. The normalized spacial score (nSPS) is 26.7. The van der Waals surface area contributed by atoms with Gasteiger partial charge in [-0.15, -0.1) is 11.8 Å². The van der Waals surface area contributed by atoms with E-state index in [0.717, 1.165) is 19.3 Å². The first-order valence-electron chi connectivity index (χ1n) is 10.5. The van der Waals surface area contributed by atoms with Crippen molar-refractivity contribution in [2.45, 2.75) is 49.9 Å². The Morgan fingerprint density at radius 1 is 1.10 bits per heavy atom. The zero-order valence-corrected chi connectivity index (χ0v) is 17.8. The number of hydrogen-bond donors (Lipinski definition) is 0. The third kappa shape index (κ3) is 4.15. The van der Waals surface area contributed by atoms with Crippen LogP contribution in [0.5, 0.6) is 0 Å². The number of carbonyl (C=O) groups is 3. The first kappa shape index (κ1) is 20.3. The first-order chi connectivity index (χ1) is 14.0. The maximum Gasteiger partial charge on any atom is 0.246 e. The average Bonchev–Trinajstić information content (AvgIpc) is 3.24. The fourth-order valence-electron chi connectivity index (χ4n) is 4.64. The summed E-state index contributed by atoms with van der Waals surface area (Å²) in [6.07, 6.45) is 3.66. The molecular weight excluding hydrogens is 386 g/mol. The van der Waals surface area contributed by atoms with Crippen molar-refractivity contribution in [1.82, 2.24) is 14.7 Å². The van der Waals surface area contributed by atoms with Gasteiger partial charge in [0.2, 0.25) is 17.7 Å². The number of nitrogens with zero attached hydrogens (tertiary/aromatic N) is 3. The van der Waals surface area contributed by atoms with Crippen molar-refractivity contribution in [3.05, 3.63) is 35.9 Å². The molecule has 0 aromatic heterocycles. The highest BCUT2D eigenvalue weighted by Crippen LogP contribution is 2.47. The molecule has 0 bridgehead atoms. The highest BCUT2D eigenvalue weighted by atomic mass is 32.2. The maximum absolute atomic E-state index is 13.1. The third-order valence-corrected chi connectivity index (χ3v) is 7.88. The second-order valence-corrected chi connectivity index (χ2v) is 9.81. The van der Waals surface area contributed by atoms with Crippen molar-refractivity contribution < 1.29 is 14.4 Å². The standard InChI is InChI=1S/C22H29N3O3S/c1-22-11-10-20(27)25(22)18(16-29-22)21(28)24-14-12-23(13-15-24)19(26)9-5-8-17-6-3-2-4-7-17/h2-4,6-7,18H,5,8-16H2,1H3. The van der Waals surface area contributed by atoms with E-state index in [1.807, 2.05) is 32.9 Å². The number of carbonyl (C=O) groups excluding carboxylic acids is 3. The highest BCUT2D eigenvalue weighted by molar-refractivity contribution is 8.01. The van der Waals surface area contributed by atoms with E-state index in [0.29, 0.717) is 44.8 Å². The molecule has 3 aliphatic heterocycles. The van der Waals surface area contributed by atoms with Crippen LogP contribution in [0.15, 0.2) is 30.3 Å². The molecule has 2 unspecified atom stereocenters. The third-order valence-electron chi connectivity index (χ3n) is 6.37. The van der Waals surface area contributed by atoms with E-state index in [9.17, 15) is 14.4 Å². The molecule has 7 heteroatoms. The molecule has 6 nitrogen and oxygen atoms in total. The predicted molar refractivity (Wildman–Crippen MR) is 113 cm³/mol. The van der Waals surface area contributed by atoms with Crippen molar-refractivity contribution >= 4 is 29.5 Å². The molecule has 3 saturated heterocycles. The van der Waals surface area contributed by atoms with Gasteiger partial charge in [0, 0.05) is 44.8 Å². The Morgan fingerprint density at radius 2 is 1.79 bits per heavy atom. The van der Waals surface area contributed by atoms with E-state index in [2.05, 4.69) is 19.1 Å². The molecule has 4 rings (SSSR count). The van der Waals surface area contributed by atoms with Gasteiger partial charge in [-0.3, -0.25) is 14.4 Å². The van der Waals surface area contributed by atoms with E-state index in [1.54, 1.807) is 11.8 Å². The Kier molecular flexibility index (Phi) is 5.86. The number of aryl methyl sites for hydroxylation is 1. The van der Waals surface area contributed by atoms with Crippen LogP contribution in [-0.2, 0) is 20.8 Å². The molecule has 3 amide bonds. The summed E-state index contributed by atoms with van der Waals surface area (Å²) in [5.74, 6) is 1.00. The number of fused-ring (bicyclic) bond motifs is 1. The number of benzene rings is 1. The molecule has 2 atom stereocenters. The lowest BCUT2D eigenvalue weighted by molar-refractivity contribution is -0.146. The van der Waals surface area contributed by atoms with Gasteiger partial charge in [-0.2, -0.15) is 0 Å². The Morgan fingerprint density at radius 3 is 2.52 bits per heavy atom. The number of thioether (sulfide) groups is 1. The van der Waals surface area contributed by atoms with Crippen LogP contribution in [0.3, 0.4) is 0 Å². The summed E-state index contributed by atoms with van der Waals surface area (Å²) in [7, 11) is 0. The summed E-state index contributed by atoms with van der Waals surface area (Å²) in [4.78, 5) is 43.2. The molecule has 3 aliphatic rings. The monoisotopic (exact) mass is 415 g/mol. The summed E-state index contributed by atoms with van der Waals surface area (Å²) < 4.78 is 0. The lowest BCUT2D eigenvalue weighted by Gasteiger charge is -2.38. The van der Waals surface area contributed by atoms with E-state index in [4.69, 9.17) is 0 Å². The van der Waals surface area contributed by atoms with Crippen LogP contribution >= 0.6 is 11.8 Å². The van der Waals surface area contributed by atoms with Crippen LogP contribution in [0.1, 0.15) is 38.2 Å². The molecule has 0 radical (unpaired) electrons. The minimum Gasteiger partial charge on any atom is -0.339 e. The van der Waals surface area contributed by atoms with Crippen molar-refractivity contribution in [2.75, 3.05) is 31.9 Å². The Labute approximate surface area is 176 Å². The van der Waals surface area contributed by atoms with Crippen molar-refractivity contribution in [2.24, 2.45) is 0 Å². The Bertz CT molecular complexity index is 779. The number of rotatable bonds is 5. The molecule has 0 saturated carbocycles. The van der Waals surface area contributed by atoms with Crippen LogP contribution in [0, 0.1) is 0 Å². The minimum absolute atomic E-state index is 0.0488. The fourth-order valence-corrected chi connectivity index (χ4v) is 6.06. The summed E-state index contributed by atoms with van der Waals surface area (Å²) in [6.45, 7) is 4.36. The first-order valence-corrected chi connectivity index (χ1v) is 11.5. The quantitative estimate of drug-likeness (QED) is 0.739. The van der Waals surface area contributed by atoms with E-state index in [-0.39, 0.29) is 28.6 Å². The zero-order chi connectivity index (χ0) is 20.4. The lowest BCUT2D eigenvalue weighted by Crippen LogP contribution is -2.56. The summed E-state index contributed by atoms with van der Waals surface area (Å²) in [5, 5.41) is 0. The molecule has 1 aromatic carbocycles. The average molecular weight is 416 g/mol. The van der Waals surface area contributed by atoms with Gasteiger partial charge in [-0.05, 0) is 31.7 Å². The fraction of sp³-hybridized carbons (Fsp3) is 0.591. The SMILES string of the molecule is CC12CCC(=O)N1C(C(=O)N1CCN(C(=O)CCCc3ccccc3)CC1)CS2. The van der Waals surface area contributed by atoms with E-state index in [1.165, 1.54) is 5.56 Å². The van der Waals surface area contributed by atoms with Gasteiger partial charge in [0.05, 0.1) is 4.87 Å². The van der Waals surface area contributed by atoms with Gasteiger partial charge in [0.1, 0.15) is 6.04 Å². The number of amides is 3. The Hall–Kier alpha value is -2.02. The zero-order valence-electron chi connectivity index (χ0n) is 17.0. The molecule has 29 heavy (non-hydrogen) atoms. The Balaban J connectivity index is 1.24. The second-order valence-electron chi connectivity index (χ2n) is 8.31. The smallest absolute Gasteiger partial charge is 0.246 e. The van der Waals surface area contributed by atoms with Crippen molar-refractivity contribution in [3.8, 4) is 0 Å². The van der Waals surface area contributed by atoms with Gasteiger partial charge >= 0.3 is 0 Å². The molecule has 1 aromatic rings. The maximum atomic E-state index is 13.1.